The van der Waals surface area contributed by atoms with Crippen LogP contribution in [0.3, 0.4) is 0 Å². The SMILES string of the molecule is C=C(C)[C@H](O)Cc1c(OC)c(OC)cc2oc3cc(OC)c(CC=C(C)C)c(O)c3c(=O)c12. The van der Waals surface area contributed by atoms with Crippen LogP contribution in [0.25, 0.3) is 21.9 Å². The Kier molecular flexibility index (Phi) is 7.03. The number of aromatic hydroxyl groups is 1. The number of benzene rings is 2. The number of rotatable bonds is 8. The normalized spacial score (nSPS) is 12.0. The van der Waals surface area contributed by atoms with Gasteiger partial charge in [0.25, 0.3) is 0 Å². The molecule has 1 aromatic heterocycles. The largest absolute Gasteiger partial charge is 0.507 e. The van der Waals surface area contributed by atoms with Crippen LogP contribution in [0.15, 0.2) is 45.1 Å². The number of allylic oxidation sites excluding steroid dienone is 2. The van der Waals surface area contributed by atoms with E-state index in [9.17, 15) is 15.0 Å². The van der Waals surface area contributed by atoms with Gasteiger partial charge in [-0.3, -0.25) is 4.79 Å². The van der Waals surface area contributed by atoms with Crippen LogP contribution in [-0.2, 0) is 12.8 Å². The fourth-order valence-corrected chi connectivity index (χ4v) is 3.83. The van der Waals surface area contributed by atoms with Gasteiger partial charge < -0.3 is 28.8 Å². The second kappa shape index (κ2) is 9.58. The second-order valence-electron chi connectivity index (χ2n) is 8.23. The molecule has 0 saturated carbocycles. The lowest BCUT2D eigenvalue weighted by molar-refractivity contribution is 0.210. The van der Waals surface area contributed by atoms with Crippen molar-refractivity contribution in [2.75, 3.05) is 21.3 Å². The van der Waals surface area contributed by atoms with Gasteiger partial charge in [0, 0.05) is 29.7 Å². The summed E-state index contributed by atoms with van der Waals surface area (Å²) >= 11 is 0. The first-order valence-electron chi connectivity index (χ1n) is 10.5. The zero-order chi connectivity index (χ0) is 24.4. The van der Waals surface area contributed by atoms with Crippen LogP contribution in [0.4, 0.5) is 0 Å². The summed E-state index contributed by atoms with van der Waals surface area (Å²) in [6.07, 6.45) is 1.47. The number of aliphatic hydroxyl groups excluding tert-OH is 1. The molecule has 7 nitrogen and oxygen atoms in total. The highest BCUT2D eigenvalue weighted by Gasteiger charge is 2.25. The van der Waals surface area contributed by atoms with Crippen LogP contribution in [0.2, 0.25) is 0 Å². The summed E-state index contributed by atoms with van der Waals surface area (Å²) in [4.78, 5) is 13.8. The van der Waals surface area contributed by atoms with E-state index in [0.717, 1.165) is 5.57 Å². The number of ether oxygens (including phenoxy) is 3. The Morgan fingerprint density at radius 3 is 2.18 bits per heavy atom. The highest BCUT2D eigenvalue weighted by molar-refractivity contribution is 5.97. The maximum atomic E-state index is 13.8. The van der Waals surface area contributed by atoms with E-state index in [-0.39, 0.29) is 34.1 Å². The Balaban J connectivity index is 2.48. The molecule has 0 bridgehead atoms. The first-order chi connectivity index (χ1) is 15.6. The Morgan fingerprint density at radius 1 is 1.03 bits per heavy atom. The Bertz CT molecular complexity index is 1310. The number of fused-ring (bicyclic) bond motifs is 2. The second-order valence-corrected chi connectivity index (χ2v) is 8.23. The summed E-state index contributed by atoms with van der Waals surface area (Å²) < 4.78 is 22.5. The van der Waals surface area contributed by atoms with Gasteiger partial charge in [0.05, 0.1) is 32.8 Å². The smallest absolute Gasteiger partial charge is 0.204 e. The van der Waals surface area contributed by atoms with Crippen LogP contribution in [0.1, 0.15) is 31.9 Å². The first kappa shape index (κ1) is 24.2. The van der Waals surface area contributed by atoms with Gasteiger partial charge in [0.15, 0.2) is 11.5 Å². The summed E-state index contributed by atoms with van der Waals surface area (Å²) in [5, 5.41) is 21.9. The third-order valence-electron chi connectivity index (χ3n) is 5.64. The summed E-state index contributed by atoms with van der Waals surface area (Å²) in [5.41, 5.74) is 2.49. The van der Waals surface area contributed by atoms with Crippen molar-refractivity contribution >= 4 is 21.9 Å². The van der Waals surface area contributed by atoms with E-state index in [1.807, 2.05) is 19.9 Å². The Morgan fingerprint density at radius 2 is 1.64 bits per heavy atom. The molecule has 33 heavy (non-hydrogen) atoms. The van der Waals surface area contributed by atoms with Gasteiger partial charge in [-0.1, -0.05) is 23.8 Å². The first-order valence-corrected chi connectivity index (χ1v) is 10.5. The molecule has 1 atom stereocenters. The van der Waals surface area contributed by atoms with E-state index < -0.39 is 11.5 Å². The van der Waals surface area contributed by atoms with Gasteiger partial charge in [-0.25, -0.2) is 0 Å². The molecule has 3 aromatic rings. The fraction of sp³-hybridized carbons (Fsp3) is 0.346. The summed E-state index contributed by atoms with van der Waals surface area (Å²) in [6, 6.07) is 3.16. The topological polar surface area (TPSA) is 98.4 Å². The predicted molar refractivity (Wildman–Crippen MR) is 129 cm³/mol. The lowest BCUT2D eigenvalue weighted by atomic mass is 9.96. The number of methoxy groups -OCH3 is 3. The number of hydrogen-bond acceptors (Lipinski definition) is 7. The van der Waals surface area contributed by atoms with Crippen LogP contribution < -0.4 is 19.6 Å². The standard InChI is InChI=1S/C26H30O7/c1-13(2)8-9-15-18(30-5)11-20-23(24(15)28)25(29)22-16(10-17(27)14(3)4)26(32-7)21(31-6)12-19(22)33-20/h8,11-12,17,27-28H,3,9-10H2,1-2,4-7H3/t17-/m1/s1. The van der Waals surface area contributed by atoms with Gasteiger partial charge >= 0.3 is 0 Å². The van der Waals surface area contributed by atoms with Gasteiger partial charge in [0.1, 0.15) is 28.1 Å². The Hall–Kier alpha value is -3.45. The van der Waals surface area contributed by atoms with Crippen molar-refractivity contribution in [2.45, 2.75) is 39.7 Å². The zero-order valence-corrected chi connectivity index (χ0v) is 19.9. The van der Waals surface area contributed by atoms with Gasteiger partial charge in [-0.15, -0.1) is 0 Å². The molecule has 2 aromatic carbocycles. The number of phenolic OH excluding ortho intramolecular Hbond substituents is 1. The van der Waals surface area contributed by atoms with E-state index in [1.54, 1.807) is 19.1 Å². The minimum atomic E-state index is -0.915. The maximum absolute atomic E-state index is 13.8. The highest BCUT2D eigenvalue weighted by atomic mass is 16.5. The molecule has 0 aliphatic heterocycles. The molecular formula is C26H30O7. The molecule has 0 unspecified atom stereocenters. The average molecular weight is 455 g/mol. The van der Waals surface area contributed by atoms with Gasteiger partial charge in [-0.2, -0.15) is 0 Å². The molecule has 0 spiro atoms. The van der Waals surface area contributed by atoms with Crippen molar-refractivity contribution < 1.29 is 28.8 Å². The van der Waals surface area contributed by atoms with Crippen LogP contribution >= 0.6 is 0 Å². The van der Waals surface area contributed by atoms with Crippen molar-refractivity contribution in [1.82, 2.24) is 0 Å². The lowest BCUT2D eigenvalue weighted by Gasteiger charge is -2.19. The van der Waals surface area contributed by atoms with Crippen molar-refractivity contribution in [2.24, 2.45) is 0 Å². The van der Waals surface area contributed by atoms with Crippen molar-refractivity contribution in [1.29, 1.82) is 0 Å². The van der Waals surface area contributed by atoms with Crippen LogP contribution in [0.5, 0.6) is 23.0 Å². The molecule has 0 fully saturated rings. The summed E-state index contributed by atoms with van der Waals surface area (Å²) in [7, 11) is 4.44. The Labute approximate surface area is 192 Å². The average Bonchev–Trinajstić information content (AvgIpc) is 2.76. The van der Waals surface area contributed by atoms with Crippen molar-refractivity contribution in [3.05, 3.63) is 57.3 Å². The maximum Gasteiger partial charge on any atom is 0.204 e. The van der Waals surface area contributed by atoms with E-state index in [1.165, 1.54) is 21.3 Å². The molecule has 1 heterocycles. The fourth-order valence-electron chi connectivity index (χ4n) is 3.83. The van der Waals surface area contributed by atoms with E-state index in [4.69, 9.17) is 18.6 Å². The van der Waals surface area contributed by atoms with Gasteiger partial charge in [-0.05, 0) is 27.2 Å². The van der Waals surface area contributed by atoms with E-state index in [2.05, 4.69) is 6.58 Å². The molecule has 3 rings (SSSR count). The van der Waals surface area contributed by atoms with E-state index >= 15 is 0 Å². The van der Waals surface area contributed by atoms with E-state index in [0.29, 0.717) is 40.4 Å². The minimum absolute atomic E-state index is 0.0405. The van der Waals surface area contributed by atoms with Crippen molar-refractivity contribution in [3.8, 4) is 23.0 Å². The van der Waals surface area contributed by atoms with Crippen molar-refractivity contribution in [3.63, 3.8) is 0 Å². The molecule has 2 N–H and O–H groups in total. The number of phenols is 1. The molecule has 0 radical (unpaired) electrons. The summed E-state index contributed by atoms with van der Waals surface area (Å²) in [5.74, 6) is 0.889. The molecule has 0 aliphatic carbocycles. The molecule has 0 saturated heterocycles. The van der Waals surface area contributed by atoms with Gasteiger partial charge in [0.2, 0.25) is 5.43 Å². The zero-order valence-electron chi connectivity index (χ0n) is 19.9. The number of hydrogen-bond donors (Lipinski definition) is 2. The van der Waals surface area contributed by atoms with Crippen LogP contribution in [-0.4, -0.2) is 37.6 Å². The highest BCUT2D eigenvalue weighted by Crippen LogP contribution is 2.41. The molecule has 7 heteroatoms. The van der Waals surface area contributed by atoms with Crippen LogP contribution in [0, 0.1) is 0 Å². The summed E-state index contributed by atoms with van der Waals surface area (Å²) in [6.45, 7) is 9.40. The molecule has 0 amide bonds. The molecule has 176 valence electrons. The minimum Gasteiger partial charge on any atom is -0.507 e. The number of aliphatic hydroxyl groups is 1. The lowest BCUT2D eigenvalue weighted by Crippen LogP contribution is -2.16. The third-order valence-corrected chi connectivity index (χ3v) is 5.64. The predicted octanol–water partition coefficient (Wildman–Crippen LogP) is 4.67. The molecule has 0 aliphatic rings. The third kappa shape index (κ3) is 4.41. The molecular weight excluding hydrogens is 424 g/mol. The monoisotopic (exact) mass is 454 g/mol. The quantitative estimate of drug-likeness (QED) is 0.377.